The minimum atomic E-state index is -3.94. The van der Waals surface area contributed by atoms with Crippen LogP contribution in [-0.4, -0.2) is 41.4 Å². The van der Waals surface area contributed by atoms with Crippen molar-refractivity contribution in [2.45, 2.75) is 11.8 Å². The maximum Gasteiger partial charge on any atom is 0.302 e. The van der Waals surface area contributed by atoms with E-state index in [9.17, 15) is 18.0 Å². The van der Waals surface area contributed by atoms with Gasteiger partial charge in [-0.2, -0.15) is 9.80 Å². The lowest BCUT2D eigenvalue weighted by molar-refractivity contribution is 0.0941. The van der Waals surface area contributed by atoms with Crippen molar-refractivity contribution in [3.63, 3.8) is 0 Å². The summed E-state index contributed by atoms with van der Waals surface area (Å²) in [5.74, 6) is -0.317. The molecule has 0 aliphatic heterocycles. The van der Waals surface area contributed by atoms with Crippen molar-refractivity contribution < 1.29 is 17.9 Å². The predicted octanol–water partition coefficient (Wildman–Crippen LogP) is 3.84. The van der Waals surface area contributed by atoms with Crippen molar-refractivity contribution in [3.05, 3.63) is 87.3 Å². The fourth-order valence-electron chi connectivity index (χ4n) is 3.00. The highest BCUT2D eigenvalue weighted by Gasteiger charge is 2.18. The fraction of sp³-hybridized carbons (Fsp3) is 0.0909. The van der Waals surface area contributed by atoms with Gasteiger partial charge in [0.05, 0.1) is 23.4 Å². The second-order valence-corrected chi connectivity index (χ2v) is 9.42. The molecule has 0 radical (unpaired) electrons. The summed E-state index contributed by atoms with van der Waals surface area (Å²) in [6.45, 7) is 1.57. The Labute approximate surface area is 209 Å². The van der Waals surface area contributed by atoms with E-state index < -0.39 is 21.5 Å². The first-order valence-electron chi connectivity index (χ1n) is 10.2. The van der Waals surface area contributed by atoms with Crippen LogP contribution in [-0.2, 0) is 10.0 Å². The first kappa shape index (κ1) is 24.8. The average Bonchev–Trinajstić information content (AvgIpc) is 3.16. The van der Waals surface area contributed by atoms with E-state index in [4.69, 9.17) is 16.3 Å². The highest BCUT2D eigenvalue weighted by atomic mass is 35.5. The minimum absolute atomic E-state index is 0.0203. The fourth-order valence-corrected chi connectivity index (χ4v) is 4.12. The van der Waals surface area contributed by atoms with Gasteiger partial charge in [0.2, 0.25) is 5.88 Å². The van der Waals surface area contributed by atoms with Gasteiger partial charge in [-0.25, -0.2) is 8.42 Å². The average molecular weight is 528 g/mol. The SMILES string of the molecule is COc1ccc(NS(=O)(=O)c2ccc(N=Nc3c(C)[nH]n(C(=O)c4ccc(Cl)cc4)c3=O)cc2)nn1. The molecule has 0 saturated carbocycles. The molecular formula is C22H18ClN7O5S. The first-order valence-corrected chi connectivity index (χ1v) is 12.1. The van der Waals surface area contributed by atoms with E-state index in [0.717, 1.165) is 4.68 Å². The Kier molecular flexibility index (Phi) is 6.94. The Morgan fingerprint density at radius 2 is 1.72 bits per heavy atom. The summed E-state index contributed by atoms with van der Waals surface area (Å²) in [7, 11) is -2.52. The van der Waals surface area contributed by atoms with Gasteiger partial charge in [-0.1, -0.05) is 11.6 Å². The molecule has 14 heteroatoms. The Morgan fingerprint density at radius 3 is 2.33 bits per heavy atom. The van der Waals surface area contributed by atoms with E-state index in [-0.39, 0.29) is 33.5 Å². The lowest BCUT2D eigenvalue weighted by Gasteiger charge is -2.07. The molecule has 0 aliphatic carbocycles. The normalized spacial score (nSPS) is 11.5. The smallest absolute Gasteiger partial charge is 0.302 e. The summed E-state index contributed by atoms with van der Waals surface area (Å²) < 4.78 is 33.2. The van der Waals surface area contributed by atoms with Crippen molar-refractivity contribution in [2.24, 2.45) is 10.2 Å². The number of nitrogens with one attached hydrogen (secondary N) is 2. The molecule has 0 bridgehead atoms. The molecule has 12 nitrogen and oxygen atoms in total. The van der Waals surface area contributed by atoms with E-state index in [1.54, 1.807) is 19.1 Å². The van der Waals surface area contributed by atoms with Crippen molar-refractivity contribution in [1.29, 1.82) is 0 Å². The standard InChI is InChI=1S/C22H18ClN7O5S/c1-13-20(22(32)30(28-13)21(31)14-3-5-15(23)6-4-14)27-24-16-7-9-17(10-8-16)36(33,34)29-18-11-12-19(35-2)26-25-18/h3-12,28H,1-2H3,(H,25,29). The molecular weight excluding hydrogens is 510 g/mol. The Bertz CT molecular complexity index is 1590. The number of H-pyrrole nitrogens is 1. The molecule has 2 N–H and O–H groups in total. The number of hydrogen-bond acceptors (Lipinski definition) is 9. The van der Waals surface area contributed by atoms with Crippen LogP contribution in [0, 0.1) is 6.92 Å². The van der Waals surface area contributed by atoms with Crippen LogP contribution in [0.4, 0.5) is 17.2 Å². The maximum atomic E-state index is 12.7. The van der Waals surface area contributed by atoms with Gasteiger partial charge in [0.25, 0.3) is 15.9 Å². The van der Waals surface area contributed by atoms with Gasteiger partial charge >= 0.3 is 5.56 Å². The zero-order valence-electron chi connectivity index (χ0n) is 18.8. The third-order valence-electron chi connectivity index (χ3n) is 4.84. The van der Waals surface area contributed by atoms with Crippen molar-refractivity contribution >= 4 is 44.7 Å². The highest BCUT2D eigenvalue weighted by molar-refractivity contribution is 7.92. The summed E-state index contributed by atoms with van der Waals surface area (Å²) in [6, 6.07) is 14.4. The van der Waals surface area contributed by atoms with Crippen molar-refractivity contribution in [3.8, 4) is 5.88 Å². The monoisotopic (exact) mass is 527 g/mol. The third-order valence-corrected chi connectivity index (χ3v) is 6.46. The number of anilines is 1. The molecule has 0 saturated heterocycles. The van der Waals surface area contributed by atoms with E-state index in [0.29, 0.717) is 10.7 Å². The van der Waals surface area contributed by atoms with Gasteiger partial charge in [-0.15, -0.1) is 15.3 Å². The Hall–Kier alpha value is -4.36. The van der Waals surface area contributed by atoms with E-state index in [1.165, 1.54) is 55.6 Å². The number of nitrogens with zero attached hydrogens (tertiary/aromatic N) is 5. The van der Waals surface area contributed by atoms with E-state index in [1.807, 2.05) is 0 Å². The largest absolute Gasteiger partial charge is 0.480 e. The Balaban J connectivity index is 1.51. The molecule has 36 heavy (non-hydrogen) atoms. The molecule has 184 valence electrons. The molecule has 4 aromatic rings. The number of hydrogen-bond donors (Lipinski definition) is 2. The highest BCUT2D eigenvalue weighted by Crippen LogP contribution is 2.22. The number of halogens is 1. The number of methoxy groups -OCH3 is 1. The number of benzene rings is 2. The minimum Gasteiger partial charge on any atom is -0.480 e. The van der Waals surface area contributed by atoms with Crippen LogP contribution in [0.25, 0.3) is 0 Å². The third kappa shape index (κ3) is 5.31. The molecule has 0 amide bonds. The number of carbonyl (C=O) groups excluding carboxylic acids is 1. The second kappa shape index (κ2) is 10.1. The summed E-state index contributed by atoms with van der Waals surface area (Å²) in [5.41, 5.74) is 0.134. The van der Waals surface area contributed by atoms with Crippen molar-refractivity contribution in [1.82, 2.24) is 20.0 Å². The van der Waals surface area contributed by atoms with Crippen LogP contribution in [0.1, 0.15) is 16.1 Å². The van der Waals surface area contributed by atoms with Gasteiger partial charge < -0.3 is 4.74 Å². The number of rotatable bonds is 7. The topological polar surface area (TPSA) is 161 Å². The van der Waals surface area contributed by atoms with Crippen molar-refractivity contribution in [2.75, 3.05) is 11.8 Å². The number of aromatic amines is 1. The number of azo groups is 1. The van der Waals surface area contributed by atoms with Crippen LogP contribution in [0.5, 0.6) is 5.88 Å². The summed E-state index contributed by atoms with van der Waals surface area (Å²) in [6.07, 6.45) is 0. The molecule has 0 aliphatic rings. The molecule has 2 aromatic heterocycles. The number of aromatic nitrogens is 4. The molecule has 0 unspecified atom stereocenters. The second-order valence-electron chi connectivity index (χ2n) is 7.30. The van der Waals surface area contributed by atoms with Crippen LogP contribution in [0.3, 0.4) is 0 Å². The molecule has 2 heterocycles. The number of ether oxygens (including phenoxy) is 1. The summed E-state index contributed by atoms with van der Waals surface area (Å²) in [5, 5.41) is 18.5. The predicted molar refractivity (Wildman–Crippen MR) is 131 cm³/mol. The first-order chi connectivity index (χ1) is 17.2. The molecule has 4 rings (SSSR count). The summed E-state index contributed by atoms with van der Waals surface area (Å²) in [4.78, 5) is 25.3. The van der Waals surface area contributed by atoms with E-state index in [2.05, 4.69) is 30.2 Å². The van der Waals surface area contributed by atoms with Crippen LogP contribution in [0.2, 0.25) is 5.02 Å². The van der Waals surface area contributed by atoms with Crippen LogP contribution < -0.4 is 15.0 Å². The lowest BCUT2D eigenvalue weighted by atomic mass is 10.2. The quantitative estimate of drug-likeness (QED) is 0.345. The zero-order chi connectivity index (χ0) is 25.9. The lowest BCUT2D eigenvalue weighted by Crippen LogP contribution is -2.25. The van der Waals surface area contributed by atoms with Gasteiger partial charge in [-0.3, -0.25) is 19.4 Å². The number of carbonyl (C=O) groups is 1. The zero-order valence-corrected chi connectivity index (χ0v) is 20.4. The van der Waals surface area contributed by atoms with Gasteiger partial charge in [0.1, 0.15) is 0 Å². The molecule has 0 atom stereocenters. The van der Waals surface area contributed by atoms with Crippen LogP contribution in [0.15, 0.2) is 80.6 Å². The number of sulfonamides is 1. The molecule has 2 aromatic carbocycles. The summed E-state index contributed by atoms with van der Waals surface area (Å²) >= 11 is 5.84. The molecule has 0 spiro atoms. The van der Waals surface area contributed by atoms with E-state index >= 15 is 0 Å². The van der Waals surface area contributed by atoms with Gasteiger partial charge in [0.15, 0.2) is 11.5 Å². The maximum absolute atomic E-state index is 12.7. The number of aryl methyl sites for hydroxylation is 1. The van der Waals surface area contributed by atoms with Crippen LogP contribution >= 0.6 is 11.6 Å². The Morgan fingerprint density at radius 1 is 1.03 bits per heavy atom. The van der Waals surface area contributed by atoms with Gasteiger partial charge in [0, 0.05) is 16.7 Å². The molecule has 0 fully saturated rings. The van der Waals surface area contributed by atoms with Gasteiger partial charge in [-0.05, 0) is 61.5 Å².